The number of hydrogen-bond donors (Lipinski definition) is 2. The summed E-state index contributed by atoms with van der Waals surface area (Å²) in [5, 5.41) is 15.1. The average Bonchev–Trinajstić information content (AvgIpc) is 3.55. The number of nitrogens with one attached hydrogen (secondary N) is 2. The van der Waals surface area contributed by atoms with E-state index in [1.165, 1.54) is 16.7 Å². The van der Waals surface area contributed by atoms with Gasteiger partial charge in [-0.1, -0.05) is 47.7 Å². The number of aromatic nitrogens is 3. The molecule has 2 N–H and O–H groups in total. The summed E-state index contributed by atoms with van der Waals surface area (Å²) in [6.07, 6.45) is 3.89. The van der Waals surface area contributed by atoms with E-state index in [-0.39, 0.29) is 5.91 Å². The lowest BCUT2D eigenvalue weighted by Crippen LogP contribution is -2.32. The molecule has 0 fully saturated rings. The maximum atomic E-state index is 12.9. The topological polar surface area (TPSA) is 93.5 Å². The van der Waals surface area contributed by atoms with Gasteiger partial charge in [0.05, 0.1) is 44.0 Å². The van der Waals surface area contributed by atoms with Crippen LogP contribution >= 0.6 is 0 Å². The first kappa shape index (κ1) is 29.9. The summed E-state index contributed by atoms with van der Waals surface area (Å²) in [5.41, 5.74) is 8.78. The molecule has 2 heterocycles. The molecule has 1 aliphatic rings. The minimum atomic E-state index is -0.139. The van der Waals surface area contributed by atoms with Crippen LogP contribution in [0, 0.1) is 6.92 Å². The summed E-state index contributed by atoms with van der Waals surface area (Å²) >= 11 is 0. The minimum absolute atomic E-state index is 0.139. The van der Waals surface area contributed by atoms with E-state index in [2.05, 4.69) is 62.2 Å². The van der Waals surface area contributed by atoms with E-state index in [1.54, 1.807) is 18.9 Å². The second-order valence-corrected chi connectivity index (χ2v) is 11.2. The van der Waals surface area contributed by atoms with Crippen molar-refractivity contribution in [1.29, 1.82) is 0 Å². The summed E-state index contributed by atoms with van der Waals surface area (Å²) in [7, 11) is 3.37. The molecule has 0 radical (unpaired) electrons. The molecule has 0 atom stereocenters. The Labute approximate surface area is 263 Å². The maximum absolute atomic E-state index is 12.9. The lowest BCUT2D eigenvalue weighted by Gasteiger charge is -2.29. The van der Waals surface area contributed by atoms with Crippen LogP contribution in [0.2, 0.25) is 0 Å². The monoisotopic (exact) mass is 602 g/mol. The molecule has 0 aliphatic carbocycles. The Morgan fingerprint density at radius 3 is 2.36 bits per heavy atom. The molecule has 230 valence electrons. The summed E-state index contributed by atoms with van der Waals surface area (Å²) in [4.78, 5) is 15.4. The summed E-state index contributed by atoms with van der Waals surface area (Å²) in [5.74, 6) is 1.44. The standard InChI is InChI=1S/C36H38N6O3/c1-25-8-4-5-9-31(25)36(43)38-33-11-7-6-10-32(33)37-22-29-24-42(40-39-29)30-14-12-26(13-15-30)16-18-41-19-17-27-20-34(44-2)35(45-3)21-28(27)23-41/h4-15,20-21,24,37H,16-19,22-23H2,1-3H3,(H,38,43). The Morgan fingerprint density at radius 2 is 1.60 bits per heavy atom. The van der Waals surface area contributed by atoms with Gasteiger partial charge in [-0.3, -0.25) is 9.69 Å². The van der Waals surface area contributed by atoms with Crippen molar-refractivity contribution < 1.29 is 14.3 Å². The predicted molar refractivity (Wildman–Crippen MR) is 176 cm³/mol. The van der Waals surface area contributed by atoms with Gasteiger partial charge in [0.1, 0.15) is 5.69 Å². The van der Waals surface area contributed by atoms with Gasteiger partial charge in [0, 0.05) is 25.2 Å². The zero-order valence-electron chi connectivity index (χ0n) is 25.9. The molecule has 4 aromatic carbocycles. The van der Waals surface area contributed by atoms with Crippen LogP contribution in [0.5, 0.6) is 11.5 Å². The Kier molecular flexibility index (Phi) is 9.07. The van der Waals surface area contributed by atoms with Gasteiger partial charge in [0.2, 0.25) is 0 Å². The van der Waals surface area contributed by atoms with E-state index in [0.29, 0.717) is 17.8 Å². The second kappa shape index (κ2) is 13.7. The zero-order chi connectivity index (χ0) is 31.2. The van der Waals surface area contributed by atoms with Gasteiger partial charge in [-0.15, -0.1) is 5.10 Å². The van der Waals surface area contributed by atoms with Crippen LogP contribution in [0.4, 0.5) is 11.4 Å². The lowest BCUT2D eigenvalue weighted by molar-refractivity contribution is 0.102. The number of nitrogens with zero attached hydrogens (tertiary/aromatic N) is 4. The third kappa shape index (κ3) is 6.99. The highest BCUT2D eigenvalue weighted by molar-refractivity contribution is 6.06. The predicted octanol–water partition coefficient (Wildman–Crippen LogP) is 6.06. The maximum Gasteiger partial charge on any atom is 0.255 e. The molecule has 9 heteroatoms. The number of benzene rings is 4. The van der Waals surface area contributed by atoms with Gasteiger partial charge in [0.15, 0.2) is 11.5 Å². The molecule has 1 aromatic heterocycles. The number of carbonyl (C=O) groups excluding carboxylic acids is 1. The third-order valence-corrected chi connectivity index (χ3v) is 8.28. The van der Waals surface area contributed by atoms with Gasteiger partial charge >= 0.3 is 0 Å². The Morgan fingerprint density at radius 1 is 0.889 bits per heavy atom. The van der Waals surface area contributed by atoms with Crippen LogP contribution in [0.1, 0.15) is 38.3 Å². The van der Waals surface area contributed by atoms with Crippen molar-refractivity contribution in [3.8, 4) is 17.2 Å². The van der Waals surface area contributed by atoms with Crippen LogP contribution < -0.4 is 20.1 Å². The molecule has 6 rings (SSSR count). The number of hydrogen-bond acceptors (Lipinski definition) is 7. The SMILES string of the molecule is COc1cc2c(cc1OC)CN(CCc1ccc(-n3cc(CNc4ccccc4NC(=O)c4ccccc4C)nn3)cc1)CC2. The molecule has 9 nitrogen and oxygen atoms in total. The molecule has 0 saturated heterocycles. The zero-order valence-corrected chi connectivity index (χ0v) is 25.9. The Hall–Kier alpha value is -5.15. The van der Waals surface area contributed by atoms with Gasteiger partial charge in [0.25, 0.3) is 5.91 Å². The number of ether oxygens (including phenoxy) is 2. The minimum Gasteiger partial charge on any atom is -0.493 e. The molecule has 0 spiro atoms. The normalized spacial score (nSPS) is 12.8. The fraction of sp³-hybridized carbons (Fsp3) is 0.250. The molecular weight excluding hydrogens is 564 g/mol. The number of anilines is 2. The average molecular weight is 603 g/mol. The molecule has 0 bridgehead atoms. The van der Waals surface area contributed by atoms with Gasteiger partial charge < -0.3 is 20.1 Å². The van der Waals surface area contributed by atoms with E-state index < -0.39 is 0 Å². The summed E-state index contributed by atoms with van der Waals surface area (Å²) < 4.78 is 12.8. The largest absolute Gasteiger partial charge is 0.493 e. The van der Waals surface area contributed by atoms with Crippen LogP contribution in [-0.2, 0) is 25.9 Å². The highest BCUT2D eigenvalue weighted by atomic mass is 16.5. The van der Waals surface area contributed by atoms with E-state index in [4.69, 9.17) is 9.47 Å². The first-order valence-corrected chi connectivity index (χ1v) is 15.2. The third-order valence-electron chi connectivity index (χ3n) is 8.28. The smallest absolute Gasteiger partial charge is 0.255 e. The van der Waals surface area contributed by atoms with Crippen molar-refractivity contribution in [2.45, 2.75) is 32.9 Å². The number of para-hydroxylation sites is 2. The van der Waals surface area contributed by atoms with E-state index in [1.807, 2.05) is 61.7 Å². The van der Waals surface area contributed by atoms with Crippen molar-refractivity contribution in [2.75, 3.05) is 37.9 Å². The van der Waals surface area contributed by atoms with Crippen molar-refractivity contribution in [3.63, 3.8) is 0 Å². The first-order valence-electron chi connectivity index (χ1n) is 15.2. The molecular formula is C36H38N6O3. The van der Waals surface area contributed by atoms with Gasteiger partial charge in [-0.25, -0.2) is 4.68 Å². The second-order valence-electron chi connectivity index (χ2n) is 11.2. The van der Waals surface area contributed by atoms with Crippen molar-refractivity contribution in [3.05, 3.63) is 125 Å². The summed E-state index contributed by atoms with van der Waals surface area (Å²) in [6, 6.07) is 27.9. The van der Waals surface area contributed by atoms with E-state index >= 15 is 0 Å². The number of amides is 1. The quantitative estimate of drug-likeness (QED) is 0.190. The fourth-order valence-corrected chi connectivity index (χ4v) is 5.69. The Bertz CT molecular complexity index is 1780. The van der Waals surface area contributed by atoms with E-state index in [9.17, 15) is 4.79 Å². The highest BCUT2D eigenvalue weighted by Crippen LogP contribution is 2.33. The molecule has 0 saturated carbocycles. The number of rotatable bonds is 11. The molecule has 1 amide bonds. The number of fused-ring (bicyclic) bond motifs is 1. The lowest BCUT2D eigenvalue weighted by atomic mass is 9.98. The van der Waals surface area contributed by atoms with Crippen LogP contribution in [0.15, 0.2) is 91.1 Å². The molecule has 1 aliphatic heterocycles. The first-order chi connectivity index (χ1) is 22.0. The number of methoxy groups -OCH3 is 2. The Balaban J connectivity index is 1.03. The highest BCUT2D eigenvalue weighted by Gasteiger charge is 2.19. The fourth-order valence-electron chi connectivity index (χ4n) is 5.69. The van der Waals surface area contributed by atoms with Crippen LogP contribution in [0.3, 0.4) is 0 Å². The molecule has 45 heavy (non-hydrogen) atoms. The van der Waals surface area contributed by atoms with Gasteiger partial charge in [-0.05, 0) is 84.5 Å². The number of aryl methyl sites for hydroxylation is 1. The van der Waals surface area contributed by atoms with Crippen LogP contribution in [0.25, 0.3) is 5.69 Å². The molecule has 0 unspecified atom stereocenters. The van der Waals surface area contributed by atoms with Gasteiger partial charge in [-0.2, -0.15) is 0 Å². The summed E-state index contributed by atoms with van der Waals surface area (Å²) in [6.45, 7) is 5.32. The van der Waals surface area contributed by atoms with Crippen LogP contribution in [-0.4, -0.2) is 53.1 Å². The van der Waals surface area contributed by atoms with Crippen molar-refractivity contribution in [2.24, 2.45) is 0 Å². The molecule has 5 aromatic rings. The van der Waals surface area contributed by atoms with Crippen molar-refractivity contribution in [1.82, 2.24) is 19.9 Å². The van der Waals surface area contributed by atoms with E-state index in [0.717, 1.165) is 66.6 Å². The number of carbonyl (C=O) groups is 1. The van der Waals surface area contributed by atoms with Crippen molar-refractivity contribution >= 4 is 17.3 Å².